The van der Waals surface area contributed by atoms with Gasteiger partial charge in [0, 0.05) is 0 Å². The van der Waals surface area contributed by atoms with Crippen LogP contribution in [0.5, 0.6) is 0 Å². The summed E-state index contributed by atoms with van der Waals surface area (Å²) in [5, 5.41) is 28.1. The molecule has 4 N–H and O–H groups in total. The molecular formula is C24H48N2O4. The lowest BCUT2D eigenvalue weighted by Crippen LogP contribution is -2.61. The molecule has 0 aliphatic carbocycles. The maximum Gasteiger partial charge on any atom is 0.309 e. The second-order valence-corrected chi connectivity index (χ2v) is 9.60. The van der Waals surface area contributed by atoms with Gasteiger partial charge in [-0.3, -0.25) is 9.59 Å². The van der Waals surface area contributed by atoms with Gasteiger partial charge in [-0.2, -0.15) is 0 Å². The minimum atomic E-state index is -1.05. The zero-order valence-electron chi connectivity index (χ0n) is 20.7. The Morgan fingerprint density at radius 1 is 0.633 bits per heavy atom. The van der Waals surface area contributed by atoms with Gasteiger partial charge in [0.1, 0.15) is 0 Å². The molecule has 0 rings (SSSR count). The van der Waals surface area contributed by atoms with E-state index in [1.54, 1.807) is 0 Å². The monoisotopic (exact) mass is 428 g/mol. The minimum absolute atomic E-state index is 0.0251. The number of hydrogen-bond donors (Lipinski definition) is 4. The van der Waals surface area contributed by atoms with Crippen molar-refractivity contribution >= 4 is 11.8 Å². The third kappa shape index (κ3) is 8.18. The summed E-state index contributed by atoms with van der Waals surface area (Å²) in [4.78, 5) is 25.6. The van der Waals surface area contributed by atoms with Gasteiger partial charge in [0.15, 0.2) is 0 Å². The molecule has 0 radical (unpaired) electrons. The molecule has 0 saturated carbocycles. The molecule has 0 spiro atoms. The Morgan fingerprint density at radius 3 is 1.03 bits per heavy atom. The fourth-order valence-electron chi connectivity index (χ4n) is 4.86. The van der Waals surface area contributed by atoms with Crippen molar-refractivity contribution in [2.75, 3.05) is 0 Å². The van der Waals surface area contributed by atoms with Gasteiger partial charge < -0.3 is 20.8 Å². The molecule has 0 bridgehead atoms. The highest BCUT2D eigenvalue weighted by atomic mass is 16.3. The van der Waals surface area contributed by atoms with E-state index < -0.39 is 35.1 Å². The molecule has 0 saturated heterocycles. The Labute approximate surface area is 184 Å². The third-order valence-electron chi connectivity index (χ3n) is 6.00. The average Bonchev–Trinajstić information content (AvgIpc) is 2.63. The van der Waals surface area contributed by atoms with Crippen molar-refractivity contribution in [3.63, 3.8) is 0 Å². The first-order valence-electron chi connectivity index (χ1n) is 12.0. The van der Waals surface area contributed by atoms with Gasteiger partial charge in [0.25, 0.3) is 0 Å². The smallest absolute Gasteiger partial charge is 0.309 e. The van der Waals surface area contributed by atoms with E-state index in [9.17, 15) is 19.8 Å². The average molecular weight is 429 g/mol. The predicted octanol–water partition coefficient (Wildman–Crippen LogP) is 3.93. The van der Waals surface area contributed by atoms with Crippen molar-refractivity contribution in [2.24, 2.45) is 11.8 Å². The zero-order valence-corrected chi connectivity index (χ0v) is 20.7. The lowest BCUT2D eigenvalue weighted by molar-refractivity contribution is -0.144. The molecule has 30 heavy (non-hydrogen) atoms. The molecular weight excluding hydrogens is 380 g/mol. The fourth-order valence-corrected chi connectivity index (χ4v) is 4.86. The van der Waals surface area contributed by atoms with Gasteiger partial charge in [-0.25, -0.2) is 0 Å². The number of hydrogen-bond acceptors (Lipinski definition) is 4. The van der Waals surface area contributed by atoms with Gasteiger partial charge in [-0.15, -0.1) is 0 Å². The van der Waals surface area contributed by atoms with Crippen LogP contribution in [0.3, 0.4) is 0 Å². The molecule has 178 valence electrons. The number of nitrogens with one attached hydrogen (secondary N) is 2. The summed E-state index contributed by atoms with van der Waals surface area (Å²) < 4.78 is 0. The normalized spacial score (nSPS) is 14.7. The molecule has 2 unspecified atom stereocenters. The van der Waals surface area contributed by atoms with Crippen LogP contribution < -0.4 is 10.6 Å². The number of amides is 2. The summed E-state index contributed by atoms with van der Waals surface area (Å²) in [6, 6.07) is -1.03. The Bertz CT molecular complexity index is 461. The molecule has 6 nitrogen and oxygen atoms in total. The van der Waals surface area contributed by atoms with Gasteiger partial charge in [-0.1, -0.05) is 81.1 Å². The van der Waals surface area contributed by atoms with Gasteiger partial charge in [0.05, 0.1) is 23.3 Å². The quantitative estimate of drug-likeness (QED) is 0.315. The van der Waals surface area contributed by atoms with E-state index in [4.69, 9.17) is 0 Å². The molecule has 0 heterocycles. The van der Waals surface area contributed by atoms with Crippen molar-refractivity contribution in [3.8, 4) is 0 Å². The predicted molar refractivity (Wildman–Crippen MR) is 123 cm³/mol. The molecule has 0 aromatic rings. The van der Waals surface area contributed by atoms with Crippen molar-refractivity contribution < 1.29 is 19.8 Å². The van der Waals surface area contributed by atoms with Crippen LogP contribution in [0.15, 0.2) is 0 Å². The van der Waals surface area contributed by atoms with Crippen LogP contribution in [0, 0.1) is 11.8 Å². The first kappa shape index (κ1) is 28.9. The third-order valence-corrected chi connectivity index (χ3v) is 6.00. The Hall–Kier alpha value is -1.14. The zero-order chi connectivity index (χ0) is 23.5. The van der Waals surface area contributed by atoms with Gasteiger partial charge in [0.2, 0.25) is 0 Å². The maximum absolute atomic E-state index is 12.8. The van der Waals surface area contributed by atoms with Crippen molar-refractivity contribution in [1.29, 1.82) is 0 Å². The van der Waals surface area contributed by atoms with Crippen LogP contribution >= 0.6 is 0 Å². The SMILES string of the molecule is CCCC(O)(CCC)C(NC(=O)C(=O)NC(C(C)C)C(O)(CCC)CCC)C(C)C. The standard InChI is InChI=1S/C24H48N2O4/c1-9-13-23(29,14-10-2)19(17(5)6)25-21(27)22(28)26-20(18(7)8)24(30,15-11-3)16-12-4/h17-20,29-30H,9-16H2,1-8H3,(H,25,27)(H,26,28). The number of carbonyl (C=O) groups excluding carboxylic acids is 2. The maximum atomic E-state index is 12.8. The lowest BCUT2D eigenvalue weighted by atomic mass is 9.79. The first-order valence-corrected chi connectivity index (χ1v) is 12.0. The highest BCUT2D eigenvalue weighted by Gasteiger charge is 2.41. The molecule has 0 aromatic heterocycles. The van der Waals surface area contributed by atoms with Crippen molar-refractivity contribution in [1.82, 2.24) is 10.6 Å². The second kappa shape index (κ2) is 13.3. The van der Waals surface area contributed by atoms with E-state index in [1.807, 2.05) is 55.4 Å². The van der Waals surface area contributed by atoms with E-state index in [2.05, 4.69) is 10.6 Å². The van der Waals surface area contributed by atoms with E-state index in [0.29, 0.717) is 25.7 Å². The molecule has 0 fully saturated rings. The first-order chi connectivity index (χ1) is 13.9. The van der Waals surface area contributed by atoms with E-state index >= 15 is 0 Å². The molecule has 2 amide bonds. The Morgan fingerprint density at radius 2 is 0.867 bits per heavy atom. The number of rotatable bonds is 14. The van der Waals surface area contributed by atoms with Crippen LogP contribution in [-0.4, -0.2) is 45.3 Å². The molecule has 0 aromatic carbocycles. The summed E-state index contributed by atoms with van der Waals surface area (Å²) in [6.45, 7) is 15.8. The summed E-state index contributed by atoms with van der Waals surface area (Å²) >= 11 is 0. The van der Waals surface area contributed by atoms with Crippen LogP contribution in [0.1, 0.15) is 107 Å². The summed E-state index contributed by atoms with van der Waals surface area (Å²) in [7, 11) is 0. The van der Waals surface area contributed by atoms with E-state index in [0.717, 1.165) is 25.7 Å². The Balaban J connectivity index is 5.55. The summed E-state index contributed by atoms with van der Waals surface area (Å²) in [6.07, 6.45) is 5.41. The van der Waals surface area contributed by atoms with Crippen molar-refractivity contribution in [3.05, 3.63) is 0 Å². The lowest BCUT2D eigenvalue weighted by Gasteiger charge is -2.40. The minimum Gasteiger partial charge on any atom is -0.388 e. The molecule has 6 heteroatoms. The second-order valence-electron chi connectivity index (χ2n) is 9.60. The Kier molecular flexibility index (Phi) is 12.8. The van der Waals surface area contributed by atoms with Crippen LogP contribution in [0.2, 0.25) is 0 Å². The van der Waals surface area contributed by atoms with Crippen LogP contribution in [0.25, 0.3) is 0 Å². The number of aliphatic hydroxyl groups is 2. The topological polar surface area (TPSA) is 98.7 Å². The fraction of sp³-hybridized carbons (Fsp3) is 0.917. The molecule has 0 aliphatic rings. The highest BCUT2D eigenvalue weighted by molar-refractivity contribution is 6.35. The summed E-state index contributed by atoms with van der Waals surface area (Å²) in [5.41, 5.74) is -2.09. The molecule has 0 aliphatic heterocycles. The molecule has 2 atom stereocenters. The number of carbonyl (C=O) groups is 2. The van der Waals surface area contributed by atoms with Crippen LogP contribution in [-0.2, 0) is 9.59 Å². The van der Waals surface area contributed by atoms with Crippen LogP contribution in [0.4, 0.5) is 0 Å². The van der Waals surface area contributed by atoms with E-state index in [-0.39, 0.29) is 11.8 Å². The van der Waals surface area contributed by atoms with Gasteiger partial charge >= 0.3 is 11.8 Å². The van der Waals surface area contributed by atoms with Gasteiger partial charge in [-0.05, 0) is 37.5 Å². The highest BCUT2D eigenvalue weighted by Crippen LogP contribution is 2.29. The largest absolute Gasteiger partial charge is 0.388 e. The van der Waals surface area contributed by atoms with Crippen molar-refractivity contribution in [2.45, 2.75) is 130 Å². The summed E-state index contributed by atoms with van der Waals surface area (Å²) in [5.74, 6) is -1.55. The van der Waals surface area contributed by atoms with E-state index in [1.165, 1.54) is 0 Å².